The van der Waals surface area contributed by atoms with Gasteiger partial charge in [0.1, 0.15) is 5.75 Å². The molecule has 8 nitrogen and oxygen atoms in total. The fourth-order valence-corrected chi connectivity index (χ4v) is 4.83. The van der Waals surface area contributed by atoms with Gasteiger partial charge in [0.25, 0.3) is 0 Å². The molecule has 0 N–H and O–H groups in total. The molecule has 1 saturated heterocycles. The number of rotatable bonds is 10. The van der Waals surface area contributed by atoms with Crippen molar-refractivity contribution in [2.45, 2.75) is 57.5 Å². The zero-order valence-corrected chi connectivity index (χ0v) is 19.6. The molecule has 0 aliphatic carbocycles. The van der Waals surface area contributed by atoms with Crippen molar-refractivity contribution in [2.24, 2.45) is 0 Å². The molecule has 0 saturated carbocycles. The number of methoxy groups -OCH3 is 1. The van der Waals surface area contributed by atoms with Gasteiger partial charge in [-0.3, -0.25) is 4.79 Å². The minimum atomic E-state index is 0.0884. The Hall–Kier alpha value is -2.65. The summed E-state index contributed by atoms with van der Waals surface area (Å²) < 4.78 is 14.9. The number of ketones is 1. The highest BCUT2D eigenvalue weighted by atomic mass is 32.2. The number of hydrogen-bond acceptors (Lipinski definition) is 7. The first-order valence-electron chi connectivity index (χ1n) is 10.9. The van der Waals surface area contributed by atoms with Crippen molar-refractivity contribution < 1.29 is 14.3 Å². The zero-order chi connectivity index (χ0) is 22.5. The second-order valence-electron chi connectivity index (χ2n) is 8.02. The molecule has 0 radical (unpaired) electrons. The van der Waals surface area contributed by atoms with E-state index in [0.717, 1.165) is 55.1 Å². The summed E-state index contributed by atoms with van der Waals surface area (Å²) in [4.78, 5) is 13.0. The fourth-order valence-electron chi connectivity index (χ4n) is 4.06. The molecule has 1 atom stereocenters. The van der Waals surface area contributed by atoms with Crippen molar-refractivity contribution in [2.75, 3.05) is 19.5 Å². The summed E-state index contributed by atoms with van der Waals surface area (Å²) in [6.07, 6.45) is 3.13. The van der Waals surface area contributed by atoms with Crippen LogP contribution in [-0.4, -0.2) is 56.1 Å². The standard InChI is InChI=1S/C23H29N5O3S/c1-16-13-21(17(2)27(16)11-10-18-6-8-19(30-3)9-7-18)22(29)15-32-23-24-25-26-28(23)14-20-5-4-12-31-20/h6-9,13,20H,4-5,10-12,14-15H2,1-3H3. The Labute approximate surface area is 192 Å². The van der Waals surface area contributed by atoms with Crippen LogP contribution < -0.4 is 4.74 Å². The summed E-state index contributed by atoms with van der Waals surface area (Å²) in [5.74, 6) is 1.24. The van der Waals surface area contributed by atoms with Crippen molar-refractivity contribution in [3.05, 3.63) is 52.8 Å². The van der Waals surface area contributed by atoms with Crippen LogP contribution in [0.5, 0.6) is 5.75 Å². The van der Waals surface area contributed by atoms with Gasteiger partial charge in [-0.2, -0.15) is 0 Å². The van der Waals surface area contributed by atoms with Crippen LogP contribution in [0.3, 0.4) is 0 Å². The molecule has 1 aromatic carbocycles. The van der Waals surface area contributed by atoms with Gasteiger partial charge in [-0.15, -0.1) is 5.10 Å². The number of benzene rings is 1. The van der Waals surface area contributed by atoms with Gasteiger partial charge in [0, 0.05) is 30.1 Å². The number of thioether (sulfide) groups is 1. The number of carbonyl (C=O) groups is 1. The van der Waals surface area contributed by atoms with Crippen molar-refractivity contribution in [1.29, 1.82) is 0 Å². The van der Waals surface area contributed by atoms with Crippen LogP contribution in [0.4, 0.5) is 0 Å². The van der Waals surface area contributed by atoms with Crippen LogP contribution in [0.2, 0.25) is 0 Å². The second kappa shape index (κ2) is 10.3. The molecule has 3 aromatic rings. The van der Waals surface area contributed by atoms with Crippen LogP contribution in [0.15, 0.2) is 35.5 Å². The molecule has 4 rings (SSSR count). The number of Topliss-reactive ketones (excluding diaryl/α,β-unsaturated/α-hetero) is 1. The van der Waals surface area contributed by atoms with Crippen LogP contribution in [0, 0.1) is 13.8 Å². The lowest BCUT2D eigenvalue weighted by molar-refractivity contribution is 0.0912. The Kier molecular flexibility index (Phi) is 7.26. The minimum absolute atomic E-state index is 0.0884. The third kappa shape index (κ3) is 5.21. The highest BCUT2D eigenvalue weighted by molar-refractivity contribution is 7.99. The normalized spacial score (nSPS) is 15.9. The number of tetrazole rings is 1. The first kappa shape index (κ1) is 22.5. The SMILES string of the molecule is COc1ccc(CCn2c(C)cc(C(=O)CSc3nnnn3CC3CCCO3)c2C)cc1. The van der Waals surface area contributed by atoms with Gasteiger partial charge in [0.2, 0.25) is 5.16 Å². The van der Waals surface area contributed by atoms with Gasteiger partial charge >= 0.3 is 0 Å². The second-order valence-corrected chi connectivity index (χ2v) is 8.97. The third-order valence-electron chi connectivity index (χ3n) is 5.89. The van der Waals surface area contributed by atoms with Crippen LogP contribution in [0.25, 0.3) is 0 Å². The predicted molar refractivity (Wildman–Crippen MR) is 122 cm³/mol. The molecule has 2 aromatic heterocycles. The Balaban J connectivity index is 1.36. The zero-order valence-electron chi connectivity index (χ0n) is 18.8. The minimum Gasteiger partial charge on any atom is -0.497 e. The number of nitrogens with zero attached hydrogens (tertiary/aromatic N) is 5. The van der Waals surface area contributed by atoms with Gasteiger partial charge in [0.15, 0.2) is 5.78 Å². The Bertz CT molecular complexity index is 1050. The van der Waals surface area contributed by atoms with Crippen molar-refractivity contribution in [3.63, 3.8) is 0 Å². The van der Waals surface area contributed by atoms with Crippen LogP contribution >= 0.6 is 11.8 Å². The molecule has 1 unspecified atom stereocenters. The first-order chi connectivity index (χ1) is 15.5. The molecule has 32 heavy (non-hydrogen) atoms. The fraction of sp³-hybridized carbons (Fsp3) is 0.478. The van der Waals surface area contributed by atoms with E-state index in [1.54, 1.807) is 11.8 Å². The highest BCUT2D eigenvalue weighted by Gasteiger charge is 2.21. The Morgan fingerprint density at radius 2 is 2.09 bits per heavy atom. The summed E-state index contributed by atoms with van der Waals surface area (Å²) >= 11 is 1.38. The van der Waals surface area contributed by atoms with E-state index in [2.05, 4.69) is 32.2 Å². The maximum atomic E-state index is 13.0. The molecular weight excluding hydrogens is 426 g/mol. The van der Waals surface area contributed by atoms with E-state index >= 15 is 0 Å². The number of aromatic nitrogens is 5. The molecule has 3 heterocycles. The van der Waals surface area contributed by atoms with Crippen LogP contribution in [0.1, 0.15) is 40.2 Å². The van der Waals surface area contributed by atoms with Crippen molar-refractivity contribution in [3.8, 4) is 5.75 Å². The quantitative estimate of drug-likeness (QED) is 0.342. The topological polar surface area (TPSA) is 84.1 Å². The number of hydrogen-bond donors (Lipinski definition) is 0. The lowest BCUT2D eigenvalue weighted by atomic mass is 10.1. The summed E-state index contributed by atoms with van der Waals surface area (Å²) in [5.41, 5.74) is 4.09. The molecule has 0 bridgehead atoms. The average molecular weight is 456 g/mol. The molecule has 0 spiro atoms. The van der Waals surface area contributed by atoms with E-state index in [-0.39, 0.29) is 11.9 Å². The maximum Gasteiger partial charge on any atom is 0.209 e. The van der Waals surface area contributed by atoms with E-state index in [4.69, 9.17) is 9.47 Å². The van der Waals surface area contributed by atoms with E-state index in [9.17, 15) is 4.79 Å². The first-order valence-corrected chi connectivity index (χ1v) is 11.9. The molecule has 170 valence electrons. The summed E-state index contributed by atoms with van der Waals surface area (Å²) in [6.45, 7) is 6.31. The van der Waals surface area contributed by atoms with Gasteiger partial charge in [-0.05, 0) is 67.3 Å². The van der Waals surface area contributed by atoms with Gasteiger partial charge < -0.3 is 14.0 Å². The molecular formula is C23H29N5O3S. The lowest BCUT2D eigenvalue weighted by Crippen LogP contribution is -2.17. The summed E-state index contributed by atoms with van der Waals surface area (Å²) in [5, 5.41) is 12.6. The predicted octanol–water partition coefficient (Wildman–Crippen LogP) is 3.50. The lowest BCUT2D eigenvalue weighted by Gasteiger charge is -2.11. The van der Waals surface area contributed by atoms with Crippen molar-refractivity contribution >= 4 is 17.5 Å². The Morgan fingerprint density at radius 3 is 2.81 bits per heavy atom. The van der Waals surface area contributed by atoms with E-state index in [0.29, 0.717) is 17.5 Å². The smallest absolute Gasteiger partial charge is 0.209 e. The van der Waals surface area contributed by atoms with Crippen molar-refractivity contribution in [1.82, 2.24) is 24.8 Å². The van der Waals surface area contributed by atoms with E-state index in [1.807, 2.05) is 32.0 Å². The molecule has 1 aliphatic heterocycles. The number of aryl methyl sites for hydroxylation is 2. The maximum absolute atomic E-state index is 13.0. The Morgan fingerprint density at radius 1 is 1.28 bits per heavy atom. The third-order valence-corrected chi connectivity index (χ3v) is 6.85. The molecule has 1 aliphatic rings. The number of ether oxygens (including phenoxy) is 2. The van der Waals surface area contributed by atoms with Gasteiger partial charge in [0.05, 0.1) is 25.5 Å². The van der Waals surface area contributed by atoms with E-state index < -0.39 is 0 Å². The van der Waals surface area contributed by atoms with Crippen LogP contribution in [-0.2, 0) is 24.2 Å². The monoisotopic (exact) mass is 455 g/mol. The molecule has 9 heteroatoms. The van der Waals surface area contributed by atoms with Gasteiger partial charge in [-0.1, -0.05) is 23.9 Å². The highest BCUT2D eigenvalue weighted by Crippen LogP contribution is 2.22. The largest absolute Gasteiger partial charge is 0.497 e. The molecule has 0 amide bonds. The number of carbonyl (C=O) groups excluding carboxylic acids is 1. The molecule has 1 fully saturated rings. The van der Waals surface area contributed by atoms with Gasteiger partial charge in [-0.25, -0.2) is 4.68 Å². The van der Waals surface area contributed by atoms with E-state index in [1.165, 1.54) is 17.3 Å². The summed E-state index contributed by atoms with van der Waals surface area (Å²) in [6, 6.07) is 10.1. The summed E-state index contributed by atoms with van der Waals surface area (Å²) in [7, 11) is 1.67. The average Bonchev–Trinajstić information content (AvgIpc) is 3.54.